The lowest BCUT2D eigenvalue weighted by Crippen LogP contribution is -2.39. The van der Waals surface area contributed by atoms with E-state index >= 15 is 0 Å². The van der Waals surface area contributed by atoms with Crippen molar-refractivity contribution in [1.82, 2.24) is 19.4 Å². The molecule has 0 atom stereocenters. The number of hydrogen-bond acceptors (Lipinski definition) is 4. The number of amides is 1. The van der Waals surface area contributed by atoms with E-state index in [1.165, 1.54) is 10.9 Å². The summed E-state index contributed by atoms with van der Waals surface area (Å²) in [5.74, 6) is -0.00532. The number of benzene rings is 1. The van der Waals surface area contributed by atoms with E-state index < -0.39 is 0 Å². The van der Waals surface area contributed by atoms with Gasteiger partial charge in [0.25, 0.3) is 5.56 Å². The van der Waals surface area contributed by atoms with Crippen molar-refractivity contribution in [3.05, 3.63) is 40.4 Å². The van der Waals surface area contributed by atoms with Crippen LogP contribution in [0.15, 0.2) is 29.3 Å². The molecule has 1 aliphatic rings. The van der Waals surface area contributed by atoms with Gasteiger partial charge < -0.3 is 9.80 Å². The highest BCUT2D eigenvalue weighted by atomic mass is 16.2. The average molecular weight is 342 g/mol. The maximum absolute atomic E-state index is 12.7. The van der Waals surface area contributed by atoms with Gasteiger partial charge in [-0.2, -0.15) is 0 Å². The van der Waals surface area contributed by atoms with Crippen LogP contribution in [-0.2, 0) is 11.3 Å². The number of aryl methyl sites for hydroxylation is 1. The maximum atomic E-state index is 12.7. The molecule has 3 rings (SSSR count). The fourth-order valence-electron chi connectivity index (χ4n) is 3.46. The monoisotopic (exact) mass is 342 g/mol. The van der Waals surface area contributed by atoms with Crippen molar-refractivity contribution < 1.29 is 4.79 Å². The minimum absolute atomic E-state index is 0.00532. The molecule has 2 aromatic rings. The zero-order valence-corrected chi connectivity index (χ0v) is 15.1. The van der Waals surface area contributed by atoms with Gasteiger partial charge in [0.2, 0.25) is 5.91 Å². The normalized spacial score (nSPS) is 16.2. The summed E-state index contributed by atoms with van der Waals surface area (Å²) in [6, 6.07) is 5.56. The lowest BCUT2D eigenvalue weighted by atomic mass is 10.1. The van der Waals surface area contributed by atoms with Crippen molar-refractivity contribution in [1.29, 1.82) is 0 Å². The summed E-state index contributed by atoms with van der Waals surface area (Å²) in [6.45, 7) is 8.68. The minimum Gasteiger partial charge on any atom is -0.340 e. The molecule has 0 bridgehead atoms. The highest BCUT2D eigenvalue weighted by Gasteiger charge is 2.19. The van der Waals surface area contributed by atoms with Gasteiger partial charge in [-0.05, 0) is 44.5 Å². The van der Waals surface area contributed by atoms with E-state index in [2.05, 4.69) is 16.8 Å². The number of fused-ring (bicyclic) bond motifs is 1. The standard InChI is InChI=1S/C19H26N4O2/c1-3-8-21-9-5-10-22(12-11-21)17(24)13-23-14-20-18-15(2)6-4-7-16(18)19(23)25/h4,6-7,14H,3,5,8-13H2,1-2H3. The Morgan fingerprint density at radius 3 is 2.84 bits per heavy atom. The van der Waals surface area contributed by atoms with E-state index in [-0.39, 0.29) is 18.0 Å². The molecular formula is C19H26N4O2. The van der Waals surface area contributed by atoms with Gasteiger partial charge in [-0.3, -0.25) is 14.2 Å². The van der Waals surface area contributed by atoms with Crippen LogP contribution >= 0.6 is 0 Å². The van der Waals surface area contributed by atoms with E-state index in [1.54, 1.807) is 6.07 Å². The molecule has 0 saturated carbocycles. The Hall–Kier alpha value is -2.21. The molecule has 6 heteroatoms. The predicted octanol–water partition coefficient (Wildman–Crippen LogP) is 1.65. The summed E-state index contributed by atoms with van der Waals surface area (Å²) in [6.07, 6.45) is 3.61. The van der Waals surface area contributed by atoms with E-state index in [0.29, 0.717) is 10.9 Å². The van der Waals surface area contributed by atoms with Crippen LogP contribution in [0.5, 0.6) is 0 Å². The van der Waals surface area contributed by atoms with Crippen LogP contribution in [0.3, 0.4) is 0 Å². The Labute approximate surface area is 148 Å². The van der Waals surface area contributed by atoms with Crippen molar-refractivity contribution in [3.8, 4) is 0 Å². The third kappa shape index (κ3) is 3.90. The molecule has 1 amide bonds. The molecule has 1 aliphatic heterocycles. The van der Waals surface area contributed by atoms with Gasteiger partial charge in [0.15, 0.2) is 0 Å². The quantitative estimate of drug-likeness (QED) is 0.848. The van der Waals surface area contributed by atoms with Crippen molar-refractivity contribution in [2.24, 2.45) is 0 Å². The van der Waals surface area contributed by atoms with E-state index in [9.17, 15) is 9.59 Å². The Kier molecular flexibility index (Phi) is 5.48. The lowest BCUT2D eigenvalue weighted by molar-refractivity contribution is -0.131. The van der Waals surface area contributed by atoms with Crippen LogP contribution in [0.4, 0.5) is 0 Å². The molecule has 0 unspecified atom stereocenters. The van der Waals surface area contributed by atoms with Crippen LogP contribution in [-0.4, -0.2) is 58.0 Å². The summed E-state index contributed by atoms with van der Waals surface area (Å²) < 4.78 is 1.43. The Balaban J connectivity index is 1.74. The minimum atomic E-state index is -0.149. The highest BCUT2D eigenvalue weighted by molar-refractivity contribution is 5.81. The zero-order chi connectivity index (χ0) is 17.8. The van der Waals surface area contributed by atoms with Gasteiger partial charge in [-0.25, -0.2) is 4.98 Å². The first-order valence-electron chi connectivity index (χ1n) is 9.05. The van der Waals surface area contributed by atoms with E-state index in [0.717, 1.165) is 51.1 Å². The van der Waals surface area contributed by atoms with Crippen LogP contribution in [0.1, 0.15) is 25.3 Å². The molecular weight excluding hydrogens is 316 g/mol. The summed E-state index contributed by atoms with van der Waals surface area (Å²) in [4.78, 5) is 34.0. The van der Waals surface area contributed by atoms with Crippen molar-refractivity contribution >= 4 is 16.8 Å². The van der Waals surface area contributed by atoms with Gasteiger partial charge in [-0.1, -0.05) is 19.1 Å². The molecule has 0 radical (unpaired) electrons. The van der Waals surface area contributed by atoms with Gasteiger partial charge in [0.1, 0.15) is 6.54 Å². The van der Waals surface area contributed by atoms with E-state index in [1.807, 2.05) is 24.0 Å². The number of rotatable bonds is 4. The van der Waals surface area contributed by atoms with Gasteiger partial charge in [0, 0.05) is 19.6 Å². The topological polar surface area (TPSA) is 58.4 Å². The summed E-state index contributed by atoms with van der Waals surface area (Å²) in [5.41, 5.74) is 1.53. The number of para-hydroxylation sites is 1. The molecule has 1 aromatic heterocycles. The zero-order valence-electron chi connectivity index (χ0n) is 15.1. The smallest absolute Gasteiger partial charge is 0.261 e. The lowest BCUT2D eigenvalue weighted by Gasteiger charge is -2.22. The fourth-order valence-corrected chi connectivity index (χ4v) is 3.46. The van der Waals surface area contributed by atoms with E-state index in [4.69, 9.17) is 0 Å². The maximum Gasteiger partial charge on any atom is 0.261 e. The summed E-state index contributed by atoms with van der Waals surface area (Å²) in [5, 5.41) is 0.570. The molecule has 134 valence electrons. The molecule has 1 fully saturated rings. The van der Waals surface area contributed by atoms with Crippen LogP contribution in [0.25, 0.3) is 10.9 Å². The second-order valence-corrected chi connectivity index (χ2v) is 6.72. The Morgan fingerprint density at radius 2 is 2.04 bits per heavy atom. The average Bonchev–Trinajstić information content (AvgIpc) is 2.84. The van der Waals surface area contributed by atoms with Crippen molar-refractivity contribution in [3.63, 3.8) is 0 Å². The molecule has 1 saturated heterocycles. The predicted molar refractivity (Wildman–Crippen MR) is 98.7 cm³/mol. The molecule has 0 N–H and O–H groups in total. The first-order valence-corrected chi connectivity index (χ1v) is 9.05. The second-order valence-electron chi connectivity index (χ2n) is 6.72. The number of aromatic nitrogens is 2. The molecule has 25 heavy (non-hydrogen) atoms. The fraction of sp³-hybridized carbons (Fsp3) is 0.526. The SMILES string of the molecule is CCCN1CCCN(C(=O)Cn2cnc3c(C)cccc3c2=O)CC1. The Bertz CT molecular complexity index is 815. The van der Waals surface area contributed by atoms with Gasteiger partial charge in [-0.15, -0.1) is 0 Å². The van der Waals surface area contributed by atoms with Crippen LogP contribution < -0.4 is 5.56 Å². The van der Waals surface area contributed by atoms with Crippen molar-refractivity contribution in [2.75, 3.05) is 32.7 Å². The van der Waals surface area contributed by atoms with Gasteiger partial charge >= 0.3 is 0 Å². The number of carbonyl (C=O) groups is 1. The second kappa shape index (κ2) is 7.78. The number of nitrogens with zero attached hydrogens (tertiary/aromatic N) is 4. The van der Waals surface area contributed by atoms with Crippen LogP contribution in [0, 0.1) is 6.92 Å². The number of carbonyl (C=O) groups excluding carboxylic acids is 1. The molecule has 2 heterocycles. The Morgan fingerprint density at radius 1 is 1.20 bits per heavy atom. The molecule has 0 spiro atoms. The van der Waals surface area contributed by atoms with Crippen LogP contribution in [0.2, 0.25) is 0 Å². The summed E-state index contributed by atoms with van der Waals surface area (Å²) in [7, 11) is 0. The van der Waals surface area contributed by atoms with Gasteiger partial charge in [0.05, 0.1) is 17.2 Å². The molecule has 6 nitrogen and oxygen atoms in total. The first kappa shape index (κ1) is 17.6. The largest absolute Gasteiger partial charge is 0.340 e. The number of hydrogen-bond donors (Lipinski definition) is 0. The molecule has 0 aliphatic carbocycles. The van der Waals surface area contributed by atoms with Crippen molar-refractivity contribution in [2.45, 2.75) is 33.2 Å². The third-order valence-electron chi connectivity index (χ3n) is 4.84. The highest BCUT2D eigenvalue weighted by Crippen LogP contribution is 2.11. The molecule has 1 aromatic carbocycles. The summed E-state index contributed by atoms with van der Waals surface area (Å²) >= 11 is 0. The third-order valence-corrected chi connectivity index (χ3v) is 4.84. The first-order chi connectivity index (χ1) is 12.1.